The molecule has 2 aliphatic heterocycles. The van der Waals surface area contributed by atoms with E-state index in [9.17, 15) is 33.9 Å². The molecule has 21 heteroatoms. The van der Waals surface area contributed by atoms with Crippen molar-refractivity contribution in [1.82, 2.24) is 40.4 Å². The van der Waals surface area contributed by atoms with E-state index in [2.05, 4.69) is 47.8 Å². The Morgan fingerprint density at radius 3 is 1.68 bits per heavy atom. The van der Waals surface area contributed by atoms with Crippen LogP contribution in [-0.2, 0) is 60.7 Å². The van der Waals surface area contributed by atoms with Crippen LogP contribution in [0, 0.1) is 29.6 Å². The van der Waals surface area contributed by atoms with Crippen LogP contribution in [0.5, 0.6) is 0 Å². The average molecular weight is 1260 g/mol. The van der Waals surface area contributed by atoms with Crippen molar-refractivity contribution in [2.45, 2.75) is 188 Å². The molecule has 2 aromatic rings. The van der Waals surface area contributed by atoms with Gasteiger partial charge in [0.25, 0.3) is 5.91 Å². The van der Waals surface area contributed by atoms with Crippen LogP contribution in [0.4, 0.5) is 0 Å². The maximum absolute atomic E-state index is 15.4. The number of carbonyl (C=O) groups excluding carboxylic acids is 9. The van der Waals surface area contributed by atoms with E-state index in [0.29, 0.717) is 34.9 Å². The number of nitrogens with zero attached hydrogens (tertiary/aromatic N) is 5. The molecule has 11 atom stereocenters. The third-order valence-corrected chi connectivity index (χ3v) is 16.9. The van der Waals surface area contributed by atoms with Gasteiger partial charge in [0, 0.05) is 62.4 Å². The second-order valence-electron chi connectivity index (χ2n) is 24.0. The largest absolute Gasteiger partial charge is 0.450 e. The molecule has 2 aliphatic rings. The van der Waals surface area contributed by atoms with Gasteiger partial charge in [0.1, 0.15) is 42.3 Å². The van der Waals surface area contributed by atoms with E-state index in [0.717, 1.165) is 9.37 Å². The summed E-state index contributed by atoms with van der Waals surface area (Å²) in [6.45, 7) is 20.6. The SMILES string of the molecule is CCC(C)[C@@H]1NC(=O)[C@@H]2CCCN2C(=O)[C@H](Cc2ccc(Br)cc2)N(C)C(=O)[C@H](Cc2cccc(Br)c2)NC(=O)[C@H](C(C)C)N(C)C(=O)[C@@H](C(C)CC)OC(=O)[C@H](C(C)(C)O)N(C)C(=O)[C@H](CC(C)C)NC(=O)[C@H](C(C)C)N(C)C1=O. The molecule has 2 aromatic carbocycles. The lowest BCUT2D eigenvalue weighted by Gasteiger charge is -2.39. The molecular formula is C60H90Br2N8O11. The first-order valence-electron chi connectivity index (χ1n) is 28.5. The van der Waals surface area contributed by atoms with Crippen molar-refractivity contribution < 1.29 is 53.0 Å². The normalized spacial score (nSPS) is 26.2. The number of aliphatic hydroxyl groups is 1. The summed E-state index contributed by atoms with van der Waals surface area (Å²) in [4.78, 5) is 141. The molecule has 81 heavy (non-hydrogen) atoms. The maximum Gasteiger partial charge on any atom is 0.332 e. The Labute approximate surface area is 497 Å². The number of benzene rings is 2. The number of amides is 8. The zero-order valence-electron chi connectivity index (χ0n) is 50.4. The highest BCUT2D eigenvalue weighted by molar-refractivity contribution is 9.10. The molecule has 0 saturated carbocycles. The number of rotatable bonds is 13. The van der Waals surface area contributed by atoms with Gasteiger partial charge in [-0.2, -0.15) is 0 Å². The van der Waals surface area contributed by atoms with E-state index in [-0.39, 0.29) is 38.1 Å². The van der Waals surface area contributed by atoms with Gasteiger partial charge in [-0.05, 0) is 98.6 Å². The molecule has 2 saturated heterocycles. The summed E-state index contributed by atoms with van der Waals surface area (Å²) >= 11 is 7.01. The third-order valence-electron chi connectivity index (χ3n) is 15.9. The van der Waals surface area contributed by atoms with Crippen molar-refractivity contribution >= 4 is 85.1 Å². The van der Waals surface area contributed by atoms with Crippen molar-refractivity contribution in [3.8, 4) is 0 Å². The quantitative estimate of drug-likeness (QED) is 0.173. The van der Waals surface area contributed by atoms with Crippen LogP contribution < -0.4 is 16.0 Å². The second kappa shape index (κ2) is 29.7. The number of likely N-dealkylation sites (N-methyl/N-ethyl adjacent to an activating group) is 4. The molecule has 0 aliphatic carbocycles. The molecule has 19 nitrogen and oxygen atoms in total. The van der Waals surface area contributed by atoms with Crippen LogP contribution in [0.2, 0.25) is 0 Å². The van der Waals surface area contributed by atoms with Crippen molar-refractivity contribution in [3.05, 3.63) is 68.6 Å². The molecule has 4 N–H and O–H groups in total. The molecule has 2 heterocycles. The molecular weight excluding hydrogens is 1170 g/mol. The number of nitrogens with one attached hydrogen (secondary N) is 3. The summed E-state index contributed by atoms with van der Waals surface area (Å²) in [6.07, 6.45) is -0.0189. The monoisotopic (exact) mass is 1260 g/mol. The summed E-state index contributed by atoms with van der Waals surface area (Å²) in [5.74, 6) is -8.79. The lowest BCUT2D eigenvalue weighted by Crippen LogP contribution is -2.63. The Morgan fingerprint density at radius 1 is 0.617 bits per heavy atom. The minimum absolute atomic E-state index is 0.0173. The van der Waals surface area contributed by atoms with E-state index in [1.807, 2.05) is 51.1 Å². The van der Waals surface area contributed by atoms with E-state index in [1.165, 1.54) is 61.6 Å². The topological polar surface area (TPSA) is 235 Å². The number of cyclic esters (lactones) is 1. The summed E-state index contributed by atoms with van der Waals surface area (Å²) < 4.78 is 7.60. The number of halogens is 2. The highest BCUT2D eigenvalue weighted by Gasteiger charge is 2.48. The van der Waals surface area contributed by atoms with Gasteiger partial charge in [-0.25, -0.2) is 4.79 Å². The van der Waals surface area contributed by atoms with Gasteiger partial charge in [-0.15, -0.1) is 0 Å². The van der Waals surface area contributed by atoms with Crippen molar-refractivity contribution in [3.63, 3.8) is 0 Å². The smallest absolute Gasteiger partial charge is 0.332 e. The van der Waals surface area contributed by atoms with Gasteiger partial charge in [-0.3, -0.25) is 38.4 Å². The molecule has 0 bridgehead atoms. The van der Waals surface area contributed by atoms with E-state index >= 15 is 14.4 Å². The van der Waals surface area contributed by atoms with Crippen molar-refractivity contribution in [1.29, 1.82) is 0 Å². The Morgan fingerprint density at radius 2 is 1.16 bits per heavy atom. The molecule has 4 rings (SSSR count). The molecule has 0 spiro atoms. The number of hydrogen-bond donors (Lipinski definition) is 4. The number of esters is 1. The third kappa shape index (κ3) is 17.3. The Bertz CT molecular complexity index is 2560. The van der Waals surface area contributed by atoms with E-state index in [1.54, 1.807) is 66.7 Å². The van der Waals surface area contributed by atoms with Gasteiger partial charge in [0.15, 0.2) is 12.1 Å². The zero-order chi connectivity index (χ0) is 61.1. The Hall–Kier alpha value is -5.41. The highest BCUT2D eigenvalue weighted by Crippen LogP contribution is 2.28. The predicted molar refractivity (Wildman–Crippen MR) is 317 cm³/mol. The van der Waals surface area contributed by atoms with E-state index in [4.69, 9.17) is 4.74 Å². The number of carbonyl (C=O) groups is 9. The summed E-state index contributed by atoms with van der Waals surface area (Å²) in [5.41, 5.74) is -0.622. The summed E-state index contributed by atoms with van der Waals surface area (Å²) in [5, 5.41) is 20.5. The zero-order valence-corrected chi connectivity index (χ0v) is 53.6. The number of hydrogen-bond acceptors (Lipinski definition) is 11. The molecule has 450 valence electrons. The lowest BCUT2D eigenvalue weighted by atomic mass is 9.93. The van der Waals surface area contributed by atoms with Gasteiger partial charge < -0.3 is 50.3 Å². The van der Waals surface area contributed by atoms with Crippen LogP contribution in [0.1, 0.15) is 126 Å². The maximum atomic E-state index is 15.4. The summed E-state index contributed by atoms with van der Waals surface area (Å²) in [6, 6.07) is 4.29. The van der Waals surface area contributed by atoms with Crippen LogP contribution in [0.3, 0.4) is 0 Å². The van der Waals surface area contributed by atoms with Crippen molar-refractivity contribution in [2.75, 3.05) is 34.7 Å². The minimum Gasteiger partial charge on any atom is -0.450 e. The number of ether oxygens (including phenoxy) is 1. The predicted octanol–water partition coefficient (Wildman–Crippen LogP) is 5.90. The fraction of sp³-hybridized carbons (Fsp3) is 0.650. The fourth-order valence-corrected chi connectivity index (χ4v) is 11.7. The van der Waals surface area contributed by atoms with Gasteiger partial charge in [0.05, 0.1) is 5.60 Å². The molecule has 0 aromatic heterocycles. The minimum atomic E-state index is -1.98. The van der Waals surface area contributed by atoms with Gasteiger partial charge in [-0.1, -0.05) is 132 Å². The second-order valence-corrected chi connectivity index (χ2v) is 25.8. The Kier molecular flexibility index (Phi) is 25.0. The first-order chi connectivity index (χ1) is 37.8. The van der Waals surface area contributed by atoms with Crippen LogP contribution in [-0.4, -0.2) is 178 Å². The van der Waals surface area contributed by atoms with Crippen LogP contribution in [0.15, 0.2) is 57.5 Å². The first-order valence-corrected chi connectivity index (χ1v) is 30.1. The number of fused-ring (bicyclic) bond motifs is 1. The highest BCUT2D eigenvalue weighted by atomic mass is 79.9. The van der Waals surface area contributed by atoms with E-state index < -0.39 is 137 Å². The van der Waals surface area contributed by atoms with Gasteiger partial charge in [0.2, 0.25) is 41.4 Å². The standard InChI is InChI=1S/C60H90Br2N8O11/c1-17-36(9)46-57(77)67(14)47(34(5)6)52(72)63-42(29-33(3)4)55(75)69(16)50(60(11,12)80)59(79)81-49(37(10)18-2)58(78)68(15)48(35(7)8)53(73)64-43(31-39-21-19-22-41(62)30-39)54(74)66(13)45(32-38-24-26-40(61)27-25-38)56(76)70-28-20-23-44(70)51(71)65-46/h19,21-22,24-27,30,33-37,42-50,80H,17-18,20,23,28-29,31-32H2,1-16H3,(H,63,72)(H,64,73)(H,65,71)/t36?,37?,42-,43-,44-,45-,46-,47-,48-,49+,50+/m0/s1. The lowest BCUT2D eigenvalue weighted by molar-refractivity contribution is -0.177. The van der Waals surface area contributed by atoms with Crippen LogP contribution in [0.25, 0.3) is 0 Å². The fourth-order valence-electron chi connectivity index (χ4n) is 11.0. The molecule has 2 fully saturated rings. The Balaban J connectivity index is 2.00. The average Bonchev–Trinajstić information content (AvgIpc) is 4.01. The molecule has 8 amide bonds. The molecule has 2 unspecified atom stereocenters. The van der Waals surface area contributed by atoms with Gasteiger partial charge >= 0.3 is 5.97 Å². The van der Waals surface area contributed by atoms with Crippen molar-refractivity contribution in [2.24, 2.45) is 29.6 Å². The molecule has 0 radical (unpaired) electrons. The summed E-state index contributed by atoms with van der Waals surface area (Å²) in [7, 11) is 5.65. The van der Waals surface area contributed by atoms with Crippen LogP contribution >= 0.6 is 31.9 Å². The first kappa shape index (κ1) is 68.1.